The molecule has 0 aliphatic carbocycles. The summed E-state index contributed by atoms with van der Waals surface area (Å²) < 4.78 is 0.858. The van der Waals surface area contributed by atoms with Crippen molar-refractivity contribution in [2.24, 2.45) is 5.92 Å². The van der Waals surface area contributed by atoms with E-state index in [0.717, 1.165) is 40.3 Å². The van der Waals surface area contributed by atoms with Crippen molar-refractivity contribution in [2.75, 3.05) is 11.5 Å². The number of aryl methyl sites for hydroxylation is 1. The molecule has 0 spiro atoms. The number of thioether (sulfide) groups is 1. The Morgan fingerprint density at radius 3 is 2.65 bits per heavy atom. The van der Waals surface area contributed by atoms with E-state index >= 15 is 0 Å². The van der Waals surface area contributed by atoms with Gasteiger partial charge in [-0.05, 0) is 34.0 Å². The molecule has 1 aromatic heterocycles. The average molecular weight is 318 g/mol. The van der Waals surface area contributed by atoms with Gasteiger partial charge in [0.05, 0.1) is 15.9 Å². The highest BCUT2D eigenvalue weighted by Crippen LogP contribution is 2.23. The molecule has 0 bridgehead atoms. The van der Waals surface area contributed by atoms with Gasteiger partial charge in [0.25, 0.3) is 0 Å². The van der Waals surface area contributed by atoms with Crippen LogP contribution in [0.3, 0.4) is 0 Å². The maximum absolute atomic E-state index is 5.88. The molecule has 0 aliphatic rings. The van der Waals surface area contributed by atoms with Gasteiger partial charge < -0.3 is 5.73 Å². The number of rotatable bonds is 6. The first-order valence-corrected chi connectivity index (χ1v) is 7.87. The largest absolute Gasteiger partial charge is 0.383 e. The zero-order chi connectivity index (χ0) is 12.8. The number of nitrogen functional groups attached to an aromatic ring is 1. The maximum Gasteiger partial charge on any atom is 0.141 e. The third-order valence-corrected chi connectivity index (χ3v) is 4.39. The van der Waals surface area contributed by atoms with Crippen LogP contribution in [0.5, 0.6) is 0 Å². The van der Waals surface area contributed by atoms with Gasteiger partial charge in [-0.3, -0.25) is 0 Å². The van der Waals surface area contributed by atoms with Gasteiger partial charge in [-0.1, -0.05) is 27.2 Å². The number of hydrogen-bond acceptors (Lipinski definition) is 4. The van der Waals surface area contributed by atoms with E-state index in [-0.39, 0.29) is 0 Å². The van der Waals surface area contributed by atoms with E-state index in [2.05, 4.69) is 46.7 Å². The molecule has 0 aromatic carbocycles. The Balaban J connectivity index is 2.72. The van der Waals surface area contributed by atoms with Gasteiger partial charge in [0.1, 0.15) is 11.6 Å². The number of aromatic nitrogens is 2. The van der Waals surface area contributed by atoms with Crippen LogP contribution in [0.15, 0.2) is 4.47 Å². The summed E-state index contributed by atoms with van der Waals surface area (Å²) in [5.74, 6) is 4.07. The number of nitrogens with two attached hydrogens (primary N) is 1. The third kappa shape index (κ3) is 4.84. The minimum atomic E-state index is 0.559. The molecule has 0 atom stereocenters. The molecule has 5 heteroatoms. The van der Waals surface area contributed by atoms with Crippen LogP contribution in [-0.4, -0.2) is 15.7 Å². The van der Waals surface area contributed by atoms with Gasteiger partial charge in [-0.15, -0.1) is 0 Å². The van der Waals surface area contributed by atoms with E-state index in [9.17, 15) is 0 Å². The lowest BCUT2D eigenvalue weighted by atomic mass is 10.2. The van der Waals surface area contributed by atoms with E-state index in [0.29, 0.717) is 11.7 Å². The second-order valence-electron chi connectivity index (χ2n) is 4.44. The summed E-state index contributed by atoms with van der Waals surface area (Å²) in [5, 5.41) is 0. The molecule has 0 aliphatic heterocycles. The molecule has 0 radical (unpaired) electrons. The van der Waals surface area contributed by atoms with E-state index in [1.165, 1.54) is 0 Å². The van der Waals surface area contributed by atoms with Crippen molar-refractivity contribution in [3.63, 3.8) is 0 Å². The lowest BCUT2D eigenvalue weighted by molar-refractivity contribution is 0.749. The van der Waals surface area contributed by atoms with Crippen molar-refractivity contribution in [2.45, 2.75) is 39.4 Å². The number of hydrogen-bond donors (Lipinski definition) is 1. The van der Waals surface area contributed by atoms with Gasteiger partial charge in [-0.25, -0.2) is 9.97 Å². The Kier molecular flexibility index (Phi) is 6.27. The van der Waals surface area contributed by atoms with Gasteiger partial charge in [0, 0.05) is 0 Å². The van der Waals surface area contributed by atoms with Crippen molar-refractivity contribution < 1.29 is 0 Å². The second-order valence-corrected chi connectivity index (χ2v) is 6.27. The van der Waals surface area contributed by atoms with Crippen LogP contribution in [0, 0.1) is 5.92 Å². The Labute approximate surface area is 116 Å². The van der Waals surface area contributed by atoms with Crippen molar-refractivity contribution in [1.82, 2.24) is 9.97 Å². The van der Waals surface area contributed by atoms with Crippen molar-refractivity contribution >= 4 is 33.5 Å². The molecule has 0 saturated heterocycles. The zero-order valence-electron chi connectivity index (χ0n) is 10.7. The summed E-state index contributed by atoms with van der Waals surface area (Å²) in [7, 11) is 0. The summed E-state index contributed by atoms with van der Waals surface area (Å²) in [4.78, 5) is 8.87. The standard InChI is InChI=1S/C12H20BrN3S/c1-4-5-9-11(13)12(14)16-10(15-9)7-17-6-8(2)3/h8H,4-7H2,1-3H3,(H2,14,15,16). The number of nitrogens with zero attached hydrogens (tertiary/aromatic N) is 2. The van der Waals surface area contributed by atoms with Crippen LogP contribution in [-0.2, 0) is 12.2 Å². The van der Waals surface area contributed by atoms with Crippen LogP contribution in [0.1, 0.15) is 38.7 Å². The fraction of sp³-hybridized carbons (Fsp3) is 0.667. The predicted molar refractivity (Wildman–Crippen MR) is 79.1 cm³/mol. The molecule has 1 heterocycles. The Bertz CT molecular complexity index is 369. The third-order valence-electron chi connectivity index (χ3n) is 2.16. The van der Waals surface area contributed by atoms with E-state index in [1.807, 2.05) is 11.8 Å². The van der Waals surface area contributed by atoms with Gasteiger partial charge in [-0.2, -0.15) is 11.8 Å². The van der Waals surface area contributed by atoms with E-state index in [4.69, 9.17) is 5.73 Å². The first kappa shape index (κ1) is 14.8. The SMILES string of the molecule is CCCc1nc(CSCC(C)C)nc(N)c1Br. The highest BCUT2D eigenvalue weighted by molar-refractivity contribution is 9.10. The van der Waals surface area contributed by atoms with E-state index < -0.39 is 0 Å². The van der Waals surface area contributed by atoms with Crippen molar-refractivity contribution in [3.8, 4) is 0 Å². The van der Waals surface area contributed by atoms with Crippen LogP contribution in [0.25, 0.3) is 0 Å². The molecule has 3 nitrogen and oxygen atoms in total. The first-order chi connectivity index (χ1) is 8.04. The van der Waals surface area contributed by atoms with Crippen LogP contribution < -0.4 is 5.73 Å². The Morgan fingerprint density at radius 1 is 1.35 bits per heavy atom. The van der Waals surface area contributed by atoms with Gasteiger partial charge in [0.15, 0.2) is 0 Å². The lowest BCUT2D eigenvalue weighted by Crippen LogP contribution is -2.05. The van der Waals surface area contributed by atoms with Gasteiger partial charge in [0.2, 0.25) is 0 Å². The Hall–Kier alpha value is -0.290. The average Bonchev–Trinajstić information content (AvgIpc) is 2.25. The molecule has 0 saturated carbocycles. The molecule has 2 N–H and O–H groups in total. The first-order valence-electron chi connectivity index (χ1n) is 5.93. The second kappa shape index (κ2) is 7.21. The molecule has 0 amide bonds. The van der Waals surface area contributed by atoms with E-state index in [1.54, 1.807) is 0 Å². The maximum atomic E-state index is 5.88. The molecule has 1 aromatic rings. The van der Waals surface area contributed by atoms with Crippen molar-refractivity contribution in [1.29, 1.82) is 0 Å². The Morgan fingerprint density at radius 2 is 2.06 bits per heavy atom. The van der Waals surface area contributed by atoms with Gasteiger partial charge >= 0.3 is 0 Å². The zero-order valence-corrected chi connectivity index (χ0v) is 13.1. The minimum absolute atomic E-state index is 0.559. The molecule has 1 rings (SSSR count). The van der Waals surface area contributed by atoms with Crippen LogP contribution in [0.2, 0.25) is 0 Å². The fourth-order valence-corrected chi connectivity index (χ4v) is 2.70. The van der Waals surface area contributed by atoms with Crippen molar-refractivity contribution in [3.05, 3.63) is 16.0 Å². The molecular weight excluding hydrogens is 298 g/mol. The molecule has 17 heavy (non-hydrogen) atoms. The highest BCUT2D eigenvalue weighted by atomic mass is 79.9. The molecular formula is C12H20BrN3S. The topological polar surface area (TPSA) is 51.8 Å². The summed E-state index contributed by atoms with van der Waals surface area (Å²) in [6, 6.07) is 0. The monoisotopic (exact) mass is 317 g/mol. The minimum Gasteiger partial charge on any atom is -0.383 e. The molecule has 96 valence electrons. The van der Waals surface area contributed by atoms with Crippen LogP contribution >= 0.6 is 27.7 Å². The summed E-state index contributed by atoms with van der Waals surface area (Å²) in [6.07, 6.45) is 2.00. The highest BCUT2D eigenvalue weighted by Gasteiger charge is 2.09. The quantitative estimate of drug-likeness (QED) is 0.869. The van der Waals surface area contributed by atoms with Crippen LogP contribution in [0.4, 0.5) is 5.82 Å². The lowest BCUT2D eigenvalue weighted by Gasteiger charge is -2.08. The fourth-order valence-electron chi connectivity index (χ4n) is 1.42. The normalized spacial score (nSPS) is 11.1. The summed E-state index contributed by atoms with van der Waals surface area (Å²) >= 11 is 5.31. The smallest absolute Gasteiger partial charge is 0.141 e. The predicted octanol–water partition coefficient (Wildman–Crippen LogP) is 3.66. The molecule has 0 unspecified atom stereocenters. The number of halogens is 1. The molecule has 0 fully saturated rings. The summed E-state index contributed by atoms with van der Waals surface area (Å²) in [5.41, 5.74) is 6.90. The summed E-state index contributed by atoms with van der Waals surface area (Å²) in [6.45, 7) is 6.57. The number of anilines is 1.